The molecule has 0 saturated carbocycles. The summed E-state index contributed by atoms with van der Waals surface area (Å²) in [5.74, 6) is 0.699. The number of hydrogen-bond donors (Lipinski definition) is 1. The van der Waals surface area contributed by atoms with Crippen molar-refractivity contribution in [2.75, 3.05) is 57.9 Å². The number of rotatable bonds is 9. The van der Waals surface area contributed by atoms with E-state index in [0.717, 1.165) is 43.4 Å². The van der Waals surface area contributed by atoms with Crippen LogP contribution in [0, 0.1) is 5.82 Å². The van der Waals surface area contributed by atoms with Crippen LogP contribution in [-0.2, 0) is 22.6 Å². The number of guanidine groups is 1. The van der Waals surface area contributed by atoms with Gasteiger partial charge in [-0.1, -0.05) is 24.3 Å². The second-order valence-corrected chi connectivity index (χ2v) is 7.42. The van der Waals surface area contributed by atoms with Crippen molar-refractivity contribution < 1.29 is 13.9 Å². The molecule has 1 aliphatic heterocycles. The fraction of sp³-hybridized carbons (Fsp3) is 0.458. The normalized spacial score (nSPS) is 14.7. The molecule has 6 nitrogen and oxygen atoms in total. The van der Waals surface area contributed by atoms with E-state index in [-0.39, 0.29) is 5.82 Å². The second-order valence-electron chi connectivity index (χ2n) is 7.42. The lowest BCUT2D eigenvalue weighted by Gasteiger charge is -2.37. The van der Waals surface area contributed by atoms with Crippen molar-refractivity contribution >= 4 is 11.6 Å². The van der Waals surface area contributed by atoms with Crippen molar-refractivity contribution in [3.8, 4) is 0 Å². The fourth-order valence-corrected chi connectivity index (χ4v) is 3.62. The highest BCUT2D eigenvalue weighted by Crippen LogP contribution is 2.17. The average molecular weight is 429 g/mol. The van der Waals surface area contributed by atoms with Crippen molar-refractivity contribution in [2.45, 2.75) is 20.1 Å². The highest BCUT2D eigenvalue weighted by molar-refractivity contribution is 5.80. The molecule has 0 unspecified atom stereocenters. The number of ether oxygens (including phenoxy) is 2. The fourth-order valence-electron chi connectivity index (χ4n) is 3.62. The number of anilines is 1. The molecule has 0 atom stereocenters. The molecule has 0 aliphatic carbocycles. The zero-order valence-corrected chi connectivity index (χ0v) is 18.5. The van der Waals surface area contributed by atoms with Crippen molar-refractivity contribution in [3.63, 3.8) is 0 Å². The summed E-state index contributed by atoms with van der Waals surface area (Å²) in [6, 6.07) is 15.1. The van der Waals surface area contributed by atoms with E-state index in [1.165, 1.54) is 17.7 Å². The summed E-state index contributed by atoms with van der Waals surface area (Å²) < 4.78 is 24.1. The topological polar surface area (TPSA) is 49.3 Å². The van der Waals surface area contributed by atoms with Gasteiger partial charge in [0.1, 0.15) is 5.82 Å². The van der Waals surface area contributed by atoms with Crippen LogP contribution in [0.1, 0.15) is 18.1 Å². The number of hydrogen-bond acceptors (Lipinski definition) is 4. The molecule has 1 fully saturated rings. The summed E-state index contributed by atoms with van der Waals surface area (Å²) in [5, 5.41) is 3.48. The van der Waals surface area contributed by atoms with E-state index in [9.17, 15) is 4.39 Å². The molecule has 2 aromatic rings. The zero-order valence-electron chi connectivity index (χ0n) is 18.5. The van der Waals surface area contributed by atoms with E-state index < -0.39 is 0 Å². The first-order valence-electron chi connectivity index (χ1n) is 10.9. The van der Waals surface area contributed by atoms with Gasteiger partial charge in [-0.2, -0.15) is 0 Å². The minimum absolute atomic E-state index is 0.201. The molecule has 31 heavy (non-hydrogen) atoms. The van der Waals surface area contributed by atoms with Crippen molar-refractivity contribution in [1.82, 2.24) is 10.2 Å². The lowest BCUT2D eigenvalue weighted by atomic mass is 10.1. The molecule has 1 heterocycles. The van der Waals surface area contributed by atoms with Crippen LogP contribution < -0.4 is 10.2 Å². The molecule has 0 bridgehead atoms. The van der Waals surface area contributed by atoms with Gasteiger partial charge >= 0.3 is 0 Å². The van der Waals surface area contributed by atoms with E-state index in [4.69, 9.17) is 9.47 Å². The number of benzene rings is 2. The monoisotopic (exact) mass is 428 g/mol. The van der Waals surface area contributed by atoms with Gasteiger partial charge in [-0.15, -0.1) is 0 Å². The van der Waals surface area contributed by atoms with E-state index >= 15 is 0 Å². The summed E-state index contributed by atoms with van der Waals surface area (Å²) in [4.78, 5) is 9.00. The molecule has 0 aromatic heterocycles. The number of nitrogens with zero attached hydrogens (tertiary/aromatic N) is 3. The highest BCUT2D eigenvalue weighted by Gasteiger charge is 2.19. The van der Waals surface area contributed by atoms with E-state index in [2.05, 4.69) is 44.4 Å². The molecular formula is C24H33FN4O2. The van der Waals surface area contributed by atoms with Gasteiger partial charge in [0.2, 0.25) is 0 Å². The van der Waals surface area contributed by atoms with E-state index in [1.54, 1.807) is 0 Å². The second kappa shape index (κ2) is 12.3. The zero-order chi connectivity index (χ0) is 21.9. The summed E-state index contributed by atoms with van der Waals surface area (Å²) in [5.41, 5.74) is 3.40. The van der Waals surface area contributed by atoms with Crippen LogP contribution in [0.4, 0.5) is 10.1 Å². The number of piperazine rings is 1. The Hall–Kier alpha value is -2.64. The maximum Gasteiger partial charge on any atom is 0.194 e. The predicted molar refractivity (Wildman–Crippen MR) is 123 cm³/mol. The number of nitrogens with one attached hydrogen (secondary N) is 1. The smallest absolute Gasteiger partial charge is 0.194 e. The van der Waals surface area contributed by atoms with E-state index in [1.807, 2.05) is 26.1 Å². The Balaban J connectivity index is 1.45. The number of halogens is 1. The van der Waals surface area contributed by atoms with Gasteiger partial charge in [0.05, 0.1) is 19.8 Å². The van der Waals surface area contributed by atoms with Gasteiger partial charge in [-0.3, -0.25) is 4.99 Å². The largest absolute Gasteiger partial charge is 0.379 e. The first-order chi connectivity index (χ1) is 15.2. The molecule has 168 valence electrons. The molecule has 2 aromatic carbocycles. The third-order valence-electron chi connectivity index (χ3n) is 5.27. The lowest BCUT2D eigenvalue weighted by molar-refractivity contribution is 0.0453. The lowest BCUT2D eigenvalue weighted by Crippen LogP contribution is -2.52. The molecule has 1 saturated heterocycles. The standard InChI is InChI=1S/C24H33FN4O2/c1-3-30-15-16-31-19-21-6-4-5-20(17-21)18-27-24(26-2)29-13-11-28(12-14-29)23-9-7-22(25)8-10-23/h4-10,17H,3,11-16,18-19H2,1-2H3,(H,26,27). The average Bonchev–Trinajstić information content (AvgIpc) is 2.81. The molecule has 0 spiro atoms. The van der Waals surface area contributed by atoms with Crippen LogP contribution >= 0.6 is 0 Å². The first-order valence-corrected chi connectivity index (χ1v) is 10.9. The summed E-state index contributed by atoms with van der Waals surface area (Å²) in [6.07, 6.45) is 0. The molecule has 0 amide bonds. The van der Waals surface area contributed by atoms with Crippen molar-refractivity contribution in [1.29, 1.82) is 0 Å². The van der Waals surface area contributed by atoms with Gasteiger partial charge < -0.3 is 24.6 Å². The highest BCUT2D eigenvalue weighted by atomic mass is 19.1. The van der Waals surface area contributed by atoms with Crippen LogP contribution in [0.3, 0.4) is 0 Å². The molecule has 3 rings (SSSR count). The number of aliphatic imine (C=N–C) groups is 1. The Morgan fingerprint density at radius 1 is 1.00 bits per heavy atom. The van der Waals surface area contributed by atoms with Crippen molar-refractivity contribution in [2.24, 2.45) is 4.99 Å². The van der Waals surface area contributed by atoms with Crippen LogP contribution in [0.25, 0.3) is 0 Å². The Morgan fingerprint density at radius 3 is 2.42 bits per heavy atom. The van der Waals surface area contributed by atoms with Gasteiger partial charge in [-0.05, 0) is 42.3 Å². The van der Waals surface area contributed by atoms with Crippen LogP contribution in [0.15, 0.2) is 53.5 Å². The molecule has 1 N–H and O–H groups in total. The first kappa shape index (κ1) is 23.0. The summed E-state index contributed by atoms with van der Waals surface area (Å²) >= 11 is 0. The molecule has 1 aliphatic rings. The SMILES string of the molecule is CCOCCOCc1cccc(CNC(=NC)N2CCN(c3ccc(F)cc3)CC2)c1. The van der Waals surface area contributed by atoms with Crippen molar-refractivity contribution in [3.05, 3.63) is 65.5 Å². The third-order valence-corrected chi connectivity index (χ3v) is 5.27. The van der Waals surface area contributed by atoms with E-state index in [0.29, 0.717) is 33.0 Å². The quantitative estimate of drug-likeness (QED) is 0.377. The Morgan fingerprint density at radius 2 is 1.71 bits per heavy atom. The molecule has 0 radical (unpaired) electrons. The Kier molecular flexibility index (Phi) is 9.12. The minimum atomic E-state index is -0.201. The molecule has 7 heteroatoms. The third kappa shape index (κ3) is 7.22. The summed E-state index contributed by atoms with van der Waals surface area (Å²) in [7, 11) is 1.82. The van der Waals surface area contributed by atoms with Crippen LogP contribution in [0.5, 0.6) is 0 Å². The maximum absolute atomic E-state index is 13.2. The Labute approximate surface area is 184 Å². The maximum atomic E-state index is 13.2. The van der Waals surface area contributed by atoms with Gasteiger partial charge in [0, 0.05) is 52.1 Å². The van der Waals surface area contributed by atoms with Gasteiger partial charge in [0.15, 0.2) is 5.96 Å². The summed E-state index contributed by atoms with van der Waals surface area (Å²) in [6.45, 7) is 8.70. The van der Waals surface area contributed by atoms with Crippen LogP contribution in [-0.4, -0.2) is 63.9 Å². The molecular weight excluding hydrogens is 395 g/mol. The minimum Gasteiger partial charge on any atom is -0.379 e. The van der Waals surface area contributed by atoms with Gasteiger partial charge in [0.25, 0.3) is 0 Å². The van der Waals surface area contributed by atoms with Gasteiger partial charge in [-0.25, -0.2) is 4.39 Å². The Bertz CT molecular complexity index is 821. The van der Waals surface area contributed by atoms with Crippen LogP contribution in [0.2, 0.25) is 0 Å². The predicted octanol–water partition coefficient (Wildman–Crippen LogP) is 3.28.